The number of thiophene rings is 1. The number of nitrogens with one attached hydrogen (secondary N) is 1. The smallest absolute Gasteiger partial charge is 0.339 e. The van der Waals surface area contributed by atoms with Gasteiger partial charge >= 0.3 is 5.97 Å². The van der Waals surface area contributed by atoms with Crippen molar-refractivity contribution in [2.45, 2.75) is 52.6 Å². The molecule has 1 N–H and O–H groups in total. The number of aromatic nitrogens is 2. The predicted octanol–water partition coefficient (Wildman–Crippen LogP) is 3.60. The van der Waals surface area contributed by atoms with Crippen LogP contribution < -0.4 is 10.9 Å². The van der Waals surface area contributed by atoms with Crippen LogP contribution in [0, 0.1) is 0 Å². The summed E-state index contributed by atoms with van der Waals surface area (Å²) in [7, 11) is 1.29. The average Bonchev–Trinajstić information content (AvgIpc) is 3.23. The van der Waals surface area contributed by atoms with Crippen molar-refractivity contribution in [2.75, 3.05) is 25.5 Å². The zero-order valence-electron chi connectivity index (χ0n) is 19.8. The maximum absolute atomic E-state index is 13.7. The normalized spacial score (nSPS) is 13.2. The van der Waals surface area contributed by atoms with Gasteiger partial charge in [0.25, 0.3) is 5.56 Å². The minimum Gasteiger partial charge on any atom is -0.465 e. The number of amides is 1. The third-order valence-corrected chi connectivity index (χ3v) is 7.51. The molecule has 0 radical (unpaired) electrons. The van der Waals surface area contributed by atoms with Crippen LogP contribution in [0.1, 0.15) is 53.3 Å². The van der Waals surface area contributed by atoms with E-state index in [2.05, 4.69) is 24.1 Å². The number of carbonyl (C=O) groups excluding carboxylic acids is 2. The van der Waals surface area contributed by atoms with E-state index in [1.807, 2.05) is 0 Å². The van der Waals surface area contributed by atoms with Gasteiger partial charge in [-0.15, -0.1) is 11.3 Å². The molecule has 1 aromatic carbocycles. The highest BCUT2D eigenvalue weighted by Gasteiger charge is 2.24. The highest BCUT2D eigenvalue weighted by atomic mass is 32.1. The lowest BCUT2D eigenvalue weighted by atomic mass is 9.97. The zero-order valence-corrected chi connectivity index (χ0v) is 20.7. The molecule has 4 rings (SSSR count). The average molecular weight is 483 g/mol. The molecule has 2 heterocycles. The van der Waals surface area contributed by atoms with Crippen LogP contribution in [0.2, 0.25) is 0 Å². The maximum Gasteiger partial charge on any atom is 0.339 e. The maximum atomic E-state index is 13.7. The Balaban J connectivity index is 1.73. The predicted molar refractivity (Wildman–Crippen MR) is 134 cm³/mol. The van der Waals surface area contributed by atoms with Crippen molar-refractivity contribution < 1.29 is 14.3 Å². The fourth-order valence-corrected chi connectivity index (χ4v) is 5.70. The largest absolute Gasteiger partial charge is 0.465 e. The van der Waals surface area contributed by atoms with Crippen molar-refractivity contribution in [3.63, 3.8) is 0 Å². The molecule has 0 aliphatic heterocycles. The number of aryl methyl sites for hydroxylation is 2. The van der Waals surface area contributed by atoms with Crippen molar-refractivity contribution in [3.8, 4) is 0 Å². The molecule has 9 heteroatoms. The zero-order chi connectivity index (χ0) is 24.2. The molecule has 34 heavy (non-hydrogen) atoms. The number of para-hydroxylation sites is 1. The topological polar surface area (TPSA) is 93.5 Å². The van der Waals surface area contributed by atoms with Crippen LogP contribution >= 0.6 is 11.3 Å². The van der Waals surface area contributed by atoms with Crippen molar-refractivity contribution in [3.05, 3.63) is 56.4 Å². The first kappa shape index (κ1) is 24.1. The second-order valence-corrected chi connectivity index (χ2v) is 9.44. The minimum absolute atomic E-state index is 0.164. The van der Waals surface area contributed by atoms with Gasteiger partial charge in [0, 0.05) is 4.88 Å². The van der Waals surface area contributed by atoms with E-state index in [0.717, 1.165) is 49.2 Å². The Hall–Kier alpha value is -3.04. The summed E-state index contributed by atoms with van der Waals surface area (Å²) < 4.78 is 6.31. The van der Waals surface area contributed by atoms with Gasteiger partial charge in [-0.2, -0.15) is 0 Å². The third-order valence-electron chi connectivity index (χ3n) is 6.32. The summed E-state index contributed by atoms with van der Waals surface area (Å²) in [5.74, 6) is -0.357. The molecule has 1 amide bonds. The number of ether oxygens (including phenoxy) is 1. The van der Waals surface area contributed by atoms with Crippen LogP contribution in [0.3, 0.4) is 0 Å². The molecule has 0 atom stereocenters. The van der Waals surface area contributed by atoms with Crippen LogP contribution in [0.25, 0.3) is 10.2 Å². The summed E-state index contributed by atoms with van der Waals surface area (Å²) in [6.07, 6.45) is 4.04. The standard InChI is InChI=1S/C25H30N4O4S/c1-4-28(5-2)14-20-27-23-22(17-11-7-9-13-19(17)34-23)24(31)29(20)15-21(30)26-18-12-8-6-10-16(18)25(32)33-3/h6,8,10,12H,4-5,7,9,11,13-15H2,1-3H3,(H,26,30). The van der Waals surface area contributed by atoms with Gasteiger partial charge in [-0.05, 0) is 56.5 Å². The Kier molecular flexibility index (Phi) is 7.43. The van der Waals surface area contributed by atoms with E-state index < -0.39 is 11.9 Å². The van der Waals surface area contributed by atoms with Crippen LogP contribution in [0.5, 0.6) is 0 Å². The number of hydrogen-bond donors (Lipinski definition) is 1. The van der Waals surface area contributed by atoms with Crippen molar-refractivity contribution in [2.24, 2.45) is 0 Å². The van der Waals surface area contributed by atoms with Crippen LogP contribution in [-0.2, 0) is 35.5 Å². The number of nitrogens with zero attached hydrogens (tertiary/aromatic N) is 3. The van der Waals surface area contributed by atoms with E-state index in [0.29, 0.717) is 23.4 Å². The van der Waals surface area contributed by atoms with Crippen LogP contribution in [0.15, 0.2) is 29.1 Å². The van der Waals surface area contributed by atoms with Crippen molar-refractivity contribution in [1.82, 2.24) is 14.5 Å². The molecule has 0 unspecified atom stereocenters. The van der Waals surface area contributed by atoms with E-state index in [1.54, 1.807) is 35.6 Å². The van der Waals surface area contributed by atoms with E-state index in [9.17, 15) is 14.4 Å². The van der Waals surface area contributed by atoms with Gasteiger partial charge < -0.3 is 10.1 Å². The SMILES string of the molecule is CCN(CC)Cc1nc2sc3c(c2c(=O)n1CC(=O)Nc1ccccc1C(=O)OC)CCCC3. The van der Waals surface area contributed by atoms with E-state index >= 15 is 0 Å². The number of fused-ring (bicyclic) bond motifs is 3. The molecule has 0 spiro atoms. The highest BCUT2D eigenvalue weighted by molar-refractivity contribution is 7.18. The van der Waals surface area contributed by atoms with Gasteiger partial charge in [-0.1, -0.05) is 26.0 Å². The van der Waals surface area contributed by atoms with Crippen LogP contribution in [0.4, 0.5) is 5.69 Å². The molecule has 2 aromatic heterocycles. The monoisotopic (exact) mass is 482 g/mol. The molecule has 0 fully saturated rings. The summed E-state index contributed by atoms with van der Waals surface area (Å²) in [5, 5.41) is 3.43. The summed E-state index contributed by atoms with van der Waals surface area (Å²) in [6.45, 7) is 6.04. The van der Waals surface area contributed by atoms with E-state index in [-0.39, 0.29) is 17.7 Å². The molecule has 0 saturated heterocycles. The van der Waals surface area contributed by atoms with Gasteiger partial charge in [0.15, 0.2) is 0 Å². The Morgan fingerprint density at radius 3 is 2.65 bits per heavy atom. The van der Waals surface area contributed by atoms with Crippen molar-refractivity contribution >= 4 is 39.1 Å². The first-order chi connectivity index (χ1) is 16.5. The lowest BCUT2D eigenvalue weighted by Crippen LogP contribution is -2.34. The first-order valence-corrected chi connectivity index (χ1v) is 12.5. The Morgan fingerprint density at radius 2 is 1.91 bits per heavy atom. The Morgan fingerprint density at radius 1 is 1.18 bits per heavy atom. The lowest BCUT2D eigenvalue weighted by Gasteiger charge is -2.20. The fraction of sp³-hybridized carbons (Fsp3) is 0.440. The molecular formula is C25H30N4O4S. The molecule has 1 aliphatic rings. The summed E-state index contributed by atoms with van der Waals surface area (Å²) >= 11 is 1.61. The molecule has 180 valence electrons. The lowest BCUT2D eigenvalue weighted by molar-refractivity contribution is -0.116. The number of hydrogen-bond acceptors (Lipinski definition) is 7. The first-order valence-electron chi connectivity index (χ1n) is 11.7. The molecular weight excluding hydrogens is 452 g/mol. The van der Waals surface area contributed by atoms with Gasteiger partial charge in [0.2, 0.25) is 5.91 Å². The van der Waals surface area contributed by atoms with Gasteiger partial charge in [-0.3, -0.25) is 19.1 Å². The van der Waals surface area contributed by atoms with Gasteiger partial charge in [-0.25, -0.2) is 9.78 Å². The fourth-order valence-electron chi connectivity index (χ4n) is 4.42. The van der Waals surface area contributed by atoms with Crippen molar-refractivity contribution in [1.29, 1.82) is 0 Å². The molecule has 0 saturated carbocycles. The number of rotatable bonds is 8. The third kappa shape index (κ3) is 4.76. The van der Waals surface area contributed by atoms with Crippen LogP contribution in [-0.4, -0.2) is 46.5 Å². The number of benzene rings is 1. The summed E-state index contributed by atoms with van der Waals surface area (Å²) in [5.41, 5.74) is 1.54. The number of esters is 1. The van der Waals surface area contributed by atoms with Gasteiger partial charge in [0.1, 0.15) is 17.2 Å². The second kappa shape index (κ2) is 10.5. The summed E-state index contributed by atoms with van der Waals surface area (Å²) in [6, 6.07) is 6.66. The molecule has 0 bridgehead atoms. The Bertz CT molecular complexity index is 1280. The highest BCUT2D eigenvalue weighted by Crippen LogP contribution is 2.34. The van der Waals surface area contributed by atoms with E-state index in [4.69, 9.17) is 9.72 Å². The molecule has 8 nitrogen and oxygen atoms in total. The van der Waals surface area contributed by atoms with Gasteiger partial charge in [0.05, 0.1) is 30.3 Å². The Labute approximate surface area is 202 Å². The quantitative estimate of drug-likeness (QED) is 0.493. The molecule has 1 aliphatic carbocycles. The van der Waals surface area contributed by atoms with E-state index in [1.165, 1.54) is 16.6 Å². The number of anilines is 1. The number of methoxy groups -OCH3 is 1. The second-order valence-electron chi connectivity index (χ2n) is 8.36. The minimum atomic E-state index is -0.539. The summed E-state index contributed by atoms with van der Waals surface area (Å²) in [4.78, 5) is 47.9. The number of carbonyl (C=O) groups is 2. The molecule has 3 aromatic rings.